The second-order valence-electron chi connectivity index (χ2n) is 7.92. The molecule has 0 unspecified atom stereocenters. The lowest BCUT2D eigenvalue weighted by Crippen LogP contribution is -2.44. The van der Waals surface area contributed by atoms with E-state index in [0.717, 1.165) is 73.0 Å². The predicted octanol–water partition coefficient (Wildman–Crippen LogP) is 2.98. The van der Waals surface area contributed by atoms with Gasteiger partial charge in [-0.3, -0.25) is 4.99 Å². The number of anilines is 1. The monoisotopic (exact) mass is 551 g/mol. The topological polar surface area (TPSA) is 71.6 Å². The number of H-pyrrole nitrogens is 1. The Kier molecular flexibility index (Phi) is 8.68. The summed E-state index contributed by atoms with van der Waals surface area (Å²) in [4.78, 5) is 16.7. The minimum atomic E-state index is -0.227. The number of guanidine groups is 1. The van der Waals surface area contributed by atoms with Gasteiger partial charge >= 0.3 is 0 Å². The Labute approximate surface area is 205 Å². The van der Waals surface area contributed by atoms with Crippen LogP contribution in [0.4, 0.5) is 10.2 Å². The molecule has 3 aromatic rings. The molecule has 3 N–H and O–H groups in total. The fourth-order valence-electron chi connectivity index (χ4n) is 3.83. The molecule has 0 amide bonds. The molecule has 1 aliphatic heterocycles. The van der Waals surface area contributed by atoms with Crippen LogP contribution < -0.4 is 15.5 Å². The number of likely N-dealkylation sites (N-methyl/N-ethyl adjacent to an activating group) is 1. The summed E-state index contributed by atoms with van der Waals surface area (Å²) >= 11 is 0. The molecule has 0 radical (unpaired) electrons. The molecule has 4 rings (SSSR count). The van der Waals surface area contributed by atoms with Gasteiger partial charge < -0.3 is 25.4 Å². The maximum Gasteiger partial charge on any atom is 0.191 e. The van der Waals surface area contributed by atoms with Crippen LogP contribution in [0.25, 0.3) is 10.9 Å². The number of aromatic nitrogens is 2. The van der Waals surface area contributed by atoms with E-state index in [1.54, 1.807) is 7.05 Å². The van der Waals surface area contributed by atoms with Crippen LogP contribution in [0.1, 0.15) is 11.1 Å². The zero-order valence-corrected chi connectivity index (χ0v) is 20.9. The van der Waals surface area contributed by atoms with E-state index >= 15 is 0 Å². The van der Waals surface area contributed by atoms with E-state index in [1.165, 1.54) is 12.1 Å². The summed E-state index contributed by atoms with van der Waals surface area (Å²) in [6.45, 7) is 5.56. The largest absolute Gasteiger partial charge is 0.361 e. The van der Waals surface area contributed by atoms with E-state index in [4.69, 9.17) is 0 Å². The molecule has 0 atom stereocenters. The first kappa shape index (κ1) is 24.2. The standard InChI is InChI=1S/C23H30FN7.HI/c1-25-23(26-8-7-18-16-27-21-13-19(24)4-5-20(18)21)29-15-17-3-6-22(28-14-17)31-11-9-30(2)10-12-31;/h3-6,13-14,16,27H,7-12,15H2,1-2H3,(H2,25,26,29);1H. The molecule has 2 aromatic heterocycles. The third-order valence-electron chi connectivity index (χ3n) is 5.74. The van der Waals surface area contributed by atoms with Crippen molar-refractivity contribution in [2.45, 2.75) is 13.0 Å². The third kappa shape index (κ3) is 6.10. The molecule has 7 nitrogen and oxygen atoms in total. The molecular weight excluding hydrogens is 520 g/mol. The van der Waals surface area contributed by atoms with Crippen LogP contribution in [0.5, 0.6) is 0 Å². The summed E-state index contributed by atoms with van der Waals surface area (Å²) in [6.07, 6.45) is 4.68. The number of halogens is 2. The minimum Gasteiger partial charge on any atom is -0.361 e. The van der Waals surface area contributed by atoms with Gasteiger partial charge in [-0.15, -0.1) is 24.0 Å². The summed E-state index contributed by atoms with van der Waals surface area (Å²) < 4.78 is 13.3. The second kappa shape index (κ2) is 11.5. The molecule has 1 saturated heterocycles. The van der Waals surface area contributed by atoms with Gasteiger partial charge in [-0.2, -0.15) is 0 Å². The highest BCUT2D eigenvalue weighted by Crippen LogP contribution is 2.19. The smallest absolute Gasteiger partial charge is 0.191 e. The Hall–Kier alpha value is -2.40. The minimum absolute atomic E-state index is 0. The van der Waals surface area contributed by atoms with Gasteiger partial charge in [0.05, 0.1) is 0 Å². The SMILES string of the molecule is CN=C(NCCc1c[nH]c2cc(F)ccc12)NCc1ccc(N2CCN(C)CC2)nc1.I. The van der Waals surface area contributed by atoms with E-state index in [-0.39, 0.29) is 29.8 Å². The average Bonchev–Trinajstić information content (AvgIpc) is 3.19. The molecule has 0 bridgehead atoms. The van der Waals surface area contributed by atoms with Gasteiger partial charge in [0.15, 0.2) is 5.96 Å². The first-order valence-corrected chi connectivity index (χ1v) is 10.7. The van der Waals surface area contributed by atoms with Gasteiger partial charge in [-0.1, -0.05) is 6.07 Å². The Balaban J connectivity index is 0.00000289. The maximum atomic E-state index is 13.3. The van der Waals surface area contributed by atoms with Crippen molar-refractivity contribution in [3.63, 3.8) is 0 Å². The van der Waals surface area contributed by atoms with Crippen LogP contribution in [-0.2, 0) is 13.0 Å². The second-order valence-corrected chi connectivity index (χ2v) is 7.92. The molecule has 0 aliphatic carbocycles. The molecule has 172 valence electrons. The van der Waals surface area contributed by atoms with Crippen LogP contribution in [0, 0.1) is 5.82 Å². The Morgan fingerprint density at radius 2 is 1.97 bits per heavy atom. The van der Waals surface area contributed by atoms with E-state index in [9.17, 15) is 4.39 Å². The van der Waals surface area contributed by atoms with Crippen molar-refractivity contribution in [2.75, 3.05) is 51.7 Å². The van der Waals surface area contributed by atoms with E-state index in [0.29, 0.717) is 6.54 Å². The number of aliphatic imine (C=N–C) groups is 1. The quantitative estimate of drug-likeness (QED) is 0.250. The number of benzene rings is 1. The van der Waals surface area contributed by atoms with E-state index in [2.05, 4.69) is 54.6 Å². The van der Waals surface area contributed by atoms with Crippen LogP contribution in [0.3, 0.4) is 0 Å². The van der Waals surface area contributed by atoms with Gasteiger partial charge in [0.25, 0.3) is 0 Å². The van der Waals surface area contributed by atoms with Crippen molar-refractivity contribution < 1.29 is 4.39 Å². The number of nitrogens with zero attached hydrogens (tertiary/aromatic N) is 4. The summed E-state index contributed by atoms with van der Waals surface area (Å²) in [6, 6.07) is 9.05. The van der Waals surface area contributed by atoms with Crippen molar-refractivity contribution in [1.29, 1.82) is 0 Å². The van der Waals surface area contributed by atoms with Crippen LogP contribution in [0.15, 0.2) is 47.7 Å². The third-order valence-corrected chi connectivity index (χ3v) is 5.74. The van der Waals surface area contributed by atoms with Crippen molar-refractivity contribution >= 4 is 46.7 Å². The molecule has 1 fully saturated rings. The number of rotatable bonds is 6. The number of hydrogen-bond acceptors (Lipinski definition) is 4. The molecule has 1 aliphatic rings. The first-order valence-electron chi connectivity index (χ1n) is 10.7. The van der Waals surface area contributed by atoms with Gasteiger partial charge in [0, 0.05) is 69.6 Å². The average molecular weight is 551 g/mol. The Morgan fingerprint density at radius 3 is 2.69 bits per heavy atom. The van der Waals surface area contributed by atoms with Gasteiger partial charge in [-0.25, -0.2) is 9.37 Å². The molecule has 9 heteroatoms. The molecular formula is C23H31FIN7. The summed E-state index contributed by atoms with van der Waals surface area (Å²) in [5, 5.41) is 7.73. The van der Waals surface area contributed by atoms with Gasteiger partial charge in [-0.05, 0) is 48.9 Å². The molecule has 0 spiro atoms. The van der Waals surface area contributed by atoms with E-state index in [1.807, 2.05) is 18.5 Å². The summed E-state index contributed by atoms with van der Waals surface area (Å²) in [7, 11) is 3.92. The molecule has 32 heavy (non-hydrogen) atoms. The Bertz CT molecular complexity index is 1030. The normalized spacial score (nSPS) is 15.0. The lowest BCUT2D eigenvalue weighted by molar-refractivity contribution is 0.312. The summed E-state index contributed by atoms with van der Waals surface area (Å²) in [5.41, 5.74) is 3.09. The van der Waals surface area contributed by atoms with Crippen molar-refractivity contribution in [3.8, 4) is 0 Å². The number of hydrogen-bond donors (Lipinski definition) is 3. The Morgan fingerprint density at radius 1 is 1.16 bits per heavy atom. The molecule has 1 aromatic carbocycles. The number of aromatic amines is 1. The zero-order chi connectivity index (χ0) is 21.6. The summed E-state index contributed by atoms with van der Waals surface area (Å²) in [5.74, 6) is 1.56. The number of fused-ring (bicyclic) bond motifs is 1. The van der Waals surface area contributed by atoms with Crippen molar-refractivity contribution in [2.24, 2.45) is 4.99 Å². The lowest BCUT2D eigenvalue weighted by Gasteiger charge is -2.33. The van der Waals surface area contributed by atoms with Crippen molar-refractivity contribution in [1.82, 2.24) is 25.5 Å². The fourth-order valence-corrected chi connectivity index (χ4v) is 3.83. The highest BCUT2D eigenvalue weighted by atomic mass is 127. The maximum absolute atomic E-state index is 13.3. The van der Waals surface area contributed by atoms with Gasteiger partial charge in [0.1, 0.15) is 11.6 Å². The highest BCUT2D eigenvalue weighted by Gasteiger charge is 2.15. The predicted molar refractivity (Wildman–Crippen MR) is 140 cm³/mol. The van der Waals surface area contributed by atoms with Gasteiger partial charge in [0.2, 0.25) is 0 Å². The number of pyridine rings is 1. The van der Waals surface area contributed by atoms with Crippen molar-refractivity contribution in [3.05, 3.63) is 59.7 Å². The van der Waals surface area contributed by atoms with E-state index < -0.39 is 0 Å². The first-order chi connectivity index (χ1) is 15.1. The van der Waals surface area contributed by atoms with Crippen LogP contribution in [0.2, 0.25) is 0 Å². The molecule has 3 heterocycles. The number of piperazine rings is 1. The van der Waals surface area contributed by atoms with Crippen LogP contribution in [-0.4, -0.2) is 67.6 Å². The fraction of sp³-hybridized carbons (Fsp3) is 0.391. The lowest BCUT2D eigenvalue weighted by atomic mass is 10.1. The molecule has 0 saturated carbocycles. The highest BCUT2D eigenvalue weighted by molar-refractivity contribution is 14.0. The number of nitrogens with one attached hydrogen (secondary N) is 3. The zero-order valence-electron chi connectivity index (χ0n) is 18.6. The van der Waals surface area contributed by atoms with Crippen LogP contribution >= 0.6 is 24.0 Å².